The van der Waals surface area contributed by atoms with Gasteiger partial charge in [0.2, 0.25) is 0 Å². The van der Waals surface area contributed by atoms with Gasteiger partial charge in [-0.15, -0.1) is 0 Å². The summed E-state index contributed by atoms with van der Waals surface area (Å²) in [6.45, 7) is 3.00. The molecule has 68 valence electrons. The summed E-state index contributed by atoms with van der Waals surface area (Å²) in [7, 11) is 3.47. The lowest BCUT2D eigenvalue weighted by atomic mass is 10.0. The number of methoxy groups -OCH3 is 1. The summed E-state index contributed by atoms with van der Waals surface area (Å²) in [6.07, 6.45) is 2.77. The highest BCUT2D eigenvalue weighted by Crippen LogP contribution is 2.15. The molecule has 0 saturated carbocycles. The standard InChI is InChI=1S/C9H15NO2/c1-7-6-8(9(11)12-3)4-5-10(7)2/h6-7H,4-5H2,1-3H3. The Morgan fingerprint density at radius 1 is 1.75 bits per heavy atom. The second-order valence-corrected chi connectivity index (χ2v) is 3.15. The summed E-state index contributed by atoms with van der Waals surface area (Å²) in [5, 5.41) is 0. The summed E-state index contributed by atoms with van der Waals surface area (Å²) in [5.74, 6) is -0.185. The lowest BCUT2D eigenvalue weighted by molar-refractivity contribution is -0.136. The average molecular weight is 169 g/mol. The van der Waals surface area contributed by atoms with Crippen LogP contribution in [0, 0.1) is 0 Å². The van der Waals surface area contributed by atoms with Crippen molar-refractivity contribution >= 4 is 5.97 Å². The maximum absolute atomic E-state index is 11.1. The van der Waals surface area contributed by atoms with E-state index in [-0.39, 0.29) is 5.97 Å². The molecule has 0 aliphatic carbocycles. The molecule has 1 aliphatic rings. The number of nitrogens with zero attached hydrogens (tertiary/aromatic N) is 1. The van der Waals surface area contributed by atoms with E-state index in [2.05, 4.69) is 23.6 Å². The summed E-state index contributed by atoms with van der Waals surface area (Å²) >= 11 is 0. The molecule has 0 amide bonds. The lowest BCUT2D eigenvalue weighted by Gasteiger charge is -2.27. The molecular weight excluding hydrogens is 154 g/mol. The number of rotatable bonds is 1. The van der Waals surface area contributed by atoms with Crippen molar-refractivity contribution in [2.45, 2.75) is 19.4 Å². The Bertz CT molecular complexity index is 211. The fourth-order valence-electron chi connectivity index (χ4n) is 1.30. The van der Waals surface area contributed by atoms with Crippen molar-refractivity contribution in [3.63, 3.8) is 0 Å². The second kappa shape index (κ2) is 3.72. The third kappa shape index (κ3) is 1.85. The molecule has 1 heterocycles. The Labute approximate surface area is 73.0 Å². The lowest BCUT2D eigenvalue weighted by Crippen LogP contribution is -2.33. The fourth-order valence-corrected chi connectivity index (χ4v) is 1.30. The van der Waals surface area contributed by atoms with Crippen LogP contribution in [0.4, 0.5) is 0 Å². The Morgan fingerprint density at radius 2 is 2.42 bits per heavy atom. The van der Waals surface area contributed by atoms with E-state index in [1.807, 2.05) is 6.08 Å². The first-order valence-electron chi connectivity index (χ1n) is 4.14. The van der Waals surface area contributed by atoms with Gasteiger partial charge in [0.1, 0.15) is 0 Å². The van der Waals surface area contributed by atoms with E-state index in [9.17, 15) is 4.79 Å². The van der Waals surface area contributed by atoms with Crippen LogP contribution in [0.1, 0.15) is 13.3 Å². The summed E-state index contributed by atoms with van der Waals surface area (Å²) < 4.78 is 4.65. The van der Waals surface area contributed by atoms with Gasteiger partial charge in [0.25, 0.3) is 0 Å². The SMILES string of the molecule is COC(=O)C1=CC(C)N(C)CC1. The van der Waals surface area contributed by atoms with Crippen molar-refractivity contribution in [2.75, 3.05) is 20.7 Å². The number of likely N-dealkylation sites (N-methyl/N-ethyl adjacent to an activating group) is 1. The monoisotopic (exact) mass is 169 g/mol. The second-order valence-electron chi connectivity index (χ2n) is 3.15. The van der Waals surface area contributed by atoms with Gasteiger partial charge in [-0.3, -0.25) is 4.90 Å². The highest BCUT2D eigenvalue weighted by atomic mass is 16.5. The van der Waals surface area contributed by atoms with Gasteiger partial charge in [0.05, 0.1) is 7.11 Å². The minimum absolute atomic E-state index is 0.185. The van der Waals surface area contributed by atoms with Crippen molar-refractivity contribution in [3.05, 3.63) is 11.6 Å². The van der Waals surface area contributed by atoms with Crippen LogP contribution in [0.25, 0.3) is 0 Å². The molecule has 0 saturated heterocycles. The first-order chi connectivity index (χ1) is 5.65. The molecule has 12 heavy (non-hydrogen) atoms. The van der Waals surface area contributed by atoms with E-state index in [4.69, 9.17) is 0 Å². The van der Waals surface area contributed by atoms with Crippen LogP contribution in [0.15, 0.2) is 11.6 Å². The normalized spacial score (nSPS) is 24.9. The molecule has 0 N–H and O–H groups in total. The molecule has 3 heteroatoms. The maximum Gasteiger partial charge on any atom is 0.333 e. The van der Waals surface area contributed by atoms with E-state index < -0.39 is 0 Å². The first-order valence-corrected chi connectivity index (χ1v) is 4.14. The highest BCUT2D eigenvalue weighted by Gasteiger charge is 2.19. The van der Waals surface area contributed by atoms with Gasteiger partial charge in [0.15, 0.2) is 0 Å². The fraction of sp³-hybridized carbons (Fsp3) is 0.667. The summed E-state index contributed by atoms with van der Waals surface area (Å²) in [5.41, 5.74) is 0.808. The van der Waals surface area contributed by atoms with E-state index in [0.717, 1.165) is 18.5 Å². The largest absolute Gasteiger partial charge is 0.466 e. The van der Waals surface area contributed by atoms with Crippen LogP contribution in [-0.4, -0.2) is 37.6 Å². The van der Waals surface area contributed by atoms with Crippen molar-refractivity contribution in [3.8, 4) is 0 Å². The van der Waals surface area contributed by atoms with Gasteiger partial charge in [-0.25, -0.2) is 4.79 Å². The molecule has 0 aromatic rings. The molecule has 0 bridgehead atoms. The van der Waals surface area contributed by atoms with Crippen LogP contribution in [0.5, 0.6) is 0 Å². The number of hydrogen-bond acceptors (Lipinski definition) is 3. The highest BCUT2D eigenvalue weighted by molar-refractivity contribution is 5.88. The number of carbonyl (C=O) groups is 1. The van der Waals surface area contributed by atoms with Crippen molar-refractivity contribution in [2.24, 2.45) is 0 Å². The zero-order valence-corrected chi connectivity index (χ0v) is 7.83. The number of hydrogen-bond donors (Lipinski definition) is 0. The van der Waals surface area contributed by atoms with Crippen LogP contribution < -0.4 is 0 Å². The van der Waals surface area contributed by atoms with Crippen LogP contribution in [0.3, 0.4) is 0 Å². The molecular formula is C9H15NO2. The zero-order chi connectivity index (χ0) is 9.14. The Kier molecular flexibility index (Phi) is 2.87. The maximum atomic E-state index is 11.1. The van der Waals surface area contributed by atoms with Gasteiger partial charge >= 0.3 is 5.97 Å². The molecule has 1 aliphatic heterocycles. The van der Waals surface area contributed by atoms with E-state index in [1.54, 1.807) is 0 Å². The molecule has 1 atom stereocenters. The summed E-state index contributed by atoms with van der Waals surface area (Å²) in [4.78, 5) is 13.3. The molecule has 0 fully saturated rings. The molecule has 0 spiro atoms. The predicted molar refractivity (Wildman–Crippen MR) is 46.8 cm³/mol. The topological polar surface area (TPSA) is 29.5 Å². The average Bonchev–Trinajstić information content (AvgIpc) is 2.08. The van der Waals surface area contributed by atoms with E-state index >= 15 is 0 Å². The zero-order valence-electron chi connectivity index (χ0n) is 7.83. The summed E-state index contributed by atoms with van der Waals surface area (Å²) in [6, 6.07) is 0.341. The van der Waals surface area contributed by atoms with Crippen LogP contribution in [0.2, 0.25) is 0 Å². The van der Waals surface area contributed by atoms with Crippen molar-refractivity contribution in [1.82, 2.24) is 4.90 Å². The van der Waals surface area contributed by atoms with Gasteiger partial charge in [-0.2, -0.15) is 0 Å². The van der Waals surface area contributed by atoms with E-state index in [0.29, 0.717) is 6.04 Å². The van der Waals surface area contributed by atoms with Crippen molar-refractivity contribution in [1.29, 1.82) is 0 Å². The molecule has 3 nitrogen and oxygen atoms in total. The quantitative estimate of drug-likeness (QED) is 0.544. The van der Waals surface area contributed by atoms with E-state index in [1.165, 1.54) is 7.11 Å². The Morgan fingerprint density at radius 3 is 2.92 bits per heavy atom. The third-order valence-electron chi connectivity index (χ3n) is 2.32. The van der Waals surface area contributed by atoms with Gasteiger partial charge in [0, 0.05) is 18.2 Å². The van der Waals surface area contributed by atoms with Gasteiger partial charge < -0.3 is 4.74 Å². The number of esters is 1. The third-order valence-corrected chi connectivity index (χ3v) is 2.32. The van der Waals surface area contributed by atoms with Crippen LogP contribution in [-0.2, 0) is 9.53 Å². The molecule has 1 rings (SSSR count). The molecule has 1 unspecified atom stereocenters. The predicted octanol–water partition coefficient (Wildman–Crippen LogP) is 0.810. The smallest absolute Gasteiger partial charge is 0.333 e. The molecule has 0 radical (unpaired) electrons. The number of carbonyl (C=O) groups excluding carboxylic acids is 1. The van der Waals surface area contributed by atoms with Gasteiger partial charge in [-0.05, 0) is 20.4 Å². The molecule has 0 aromatic heterocycles. The van der Waals surface area contributed by atoms with Crippen molar-refractivity contribution < 1.29 is 9.53 Å². The number of ether oxygens (including phenoxy) is 1. The Hall–Kier alpha value is -0.830. The minimum atomic E-state index is -0.185. The van der Waals surface area contributed by atoms with Crippen LogP contribution >= 0.6 is 0 Å². The van der Waals surface area contributed by atoms with Gasteiger partial charge in [-0.1, -0.05) is 6.08 Å². The first kappa shape index (κ1) is 9.26. The molecule has 0 aromatic carbocycles. The Balaban J connectivity index is 2.68. The minimum Gasteiger partial charge on any atom is -0.466 e.